The third-order valence-corrected chi connectivity index (χ3v) is 15.5. The van der Waals surface area contributed by atoms with Gasteiger partial charge < -0.3 is 4.90 Å². The molecule has 13 rings (SSSR count). The summed E-state index contributed by atoms with van der Waals surface area (Å²) in [7, 11) is 0. The summed E-state index contributed by atoms with van der Waals surface area (Å²) in [5, 5.41) is 5.16. The van der Waals surface area contributed by atoms with Gasteiger partial charge in [0.2, 0.25) is 0 Å². The maximum atomic E-state index is 2.59. The highest BCUT2D eigenvalue weighted by molar-refractivity contribution is 6.05. The summed E-state index contributed by atoms with van der Waals surface area (Å²) in [6.07, 6.45) is 6.39. The van der Waals surface area contributed by atoms with E-state index in [9.17, 15) is 0 Å². The van der Waals surface area contributed by atoms with Crippen molar-refractivity contribution in [3.63, 3.8) is 0 Å². The van der Waals surface area contributed by atoms with Gasteiger partial charge in [-0.3, -0.25) is 0 Å². The van der Waals surface area contributed by atoms with Crippen molar-refractivity contribution < 1.29 is 0 Å². The van der Waals surface area contributed by atoms with Gasteiger partial charge >= 0.3 is 0 Å². The third-order valence-electron chi connectivity index (χ3n) is 15.5. The molecule has 2 aliphatic carbocycles. The summed E-state index contributed by atoms with van der Waals surface area (Å²) in [4.78, 5) is 2.59. The molecular formula is C69H53N. The zero-order chi connectivity index (χ0) is 46.4. The standard InChI is InChI=1S/C69H53N/c1-4-22-49(23-5-1)58-45-44-52(57-38-18-27-48-26-10-11-34-56(48)57)46-67(58)70(66-43-17-14-37-62(66)63-40-20-29-51-28-19-39-59(68(51)63)50-24-6-2-7-25-50)55-33-21-32-54(47-55)69(53-30-8-3-9-31-53)64-41-15-12-35-60(64)61-36-13-16-42-65(61)69/h1,3-5,8-23,26-47,50H,2,6-7,24-25H2. The molecule has 11 aromatic rings. The maximum absolute atomic E-state index is 2.59. The molecule has 1 heteroatoms. The van der Waals surface area contributed by atoms with Gasteiger partial charge in [0, 0.05) is 16.8 Å². The lowest BCUT2D eigenvalue weighted by molar-refractivity contribution is 0.445. The number of fused-ring (bicyclic) bond motifs is 5. The van der Waals surface area contributed by atoms with Crippen LogP contribution in [-0.4, -0.2) is 0 Å². The van der Waals surface area contributed by atoms with Crippen LogP contribution in [0.1, 0.15) is 65.8 Å². The zero-order valence-corrected chi connectivity index (χ0v) is 39.3. The molecule has 0 aromatic heterocycles. The summed E-state index contributed by atoms with van der Waals surface area (Å²) in [5.41, 5.74) is 19.2. The van der Waals surface area contributed by atoms with Gasteiger partial charge in [0.05, 0.1) is 16.8 Å². The Morgan fingerprint density at radius 2 is 0.914 bits per heavy atom. The average Bonchev–Trinajstić information content (AvgIpc) is 3.75. The predicted octanol–water partition coefficient (Wildman–Crippen LogP) is 18.9. The lowest BCUT2D eigenvalue weighted by Crippen LogP contribution is -2.28. The van der Waals surface area contributed by atoms with Crippen LogP contribution in [0.2, 0.25) is 0 Å². The fourth-order valence-corrected chi connectivity index (χ4v) is 12.5. The summed E-state index contributed by atoms with van der Waals surface area (Å²) in [5.74, 6) is 0.548. The summed E-state index contributed by atoms with van der Waals surface area (Å²) in [6.45, 7) is 0. The number of anilines is 3. The van der Waals surface area contributed by atoms with Crippen molar-refractivity contribution in [2.75, 3.05) is 4.90 Å². The predicted molar refractivity (Wildman–Crippen MR) is 296 cm³/mol. The average molecular weight is 896 g/mol. The fraction of sp³-hybridized carbons (Fsp3) is 0.101. The van der Waals surface area contributed by atoms with Crippen molar-refractivity contribution in [3.05, 3.63) is 283 Å². The van der Waals surface area contributed by atoms with Crippen LogP contribution in [0.5, 0.6) is 0 Å². The molecule has 70 heavy (non-hydrogen) atoms. The van der Waals surface area contributed by atoms with Crippen molar-refractivity contribution in [1.29, 1.82) is 0 Å². The molecule has 0 bridgehead atoms. The van der Waals surface area contributed by atoms with Crippen LogP contribution in [0.3, 0.4) is 0 Å². The first-order chi connectivity index (χ1) is 34.8. The van der Waals surface area contributed by atoms with Gasteiger partial charge in [-0.05, 0) is 126 Å². The van der Waals surface area contributed by atoms with Gasteiger partial charge in [-0.15, -0.1) is 0 Å². The Kier molecular flexibility index (Phi) is 10.6. The van der Waals surface area contributed by atoms with Crippen molar-refractivity contribution in [2.24, 2.45) is 0 Å². The molecule has 0 heterocycles. The largest absolute Gasteiger partial charge is 0.309 e. The van der Waals surface area contributed by atoms with Crippen molar-refractivity contribution in [1.82, 2.24) is 0 Å². The fourth-order valence-electron chi connectivity index (χ4n) is 12.5. The normalized spacial score (nSPS) is 14.1. The third kappa shape index (κ3) is 6.91. The number of para-hydroxylation sites is 1. The Morgan fingerprint density at radius 1 is 0.343 bits per heavy atom. The van der Waals surface area contributed by atoms with Crippen LogP contribution >= 0.6 is 0 Å². The quantitative estimate of drug-likeness (QED) is 0.140. The van der Waals surface area contributed by atoms with E-state index in [2.05, 4.69) is 260 Å². The smallest absolute Gasteiger partial charge is 0.0714 e. The molecule has 0 aliphatic heterocycles. The van der Waals surface area contributed by atoms with E-state index in [4.69, 9.17) is 0 Å². The molecule has 0 atom stereocenters. The molecule has 334 valence electrons. The van der Waals surface area contributed by atoms with E-state index in [1.54, 1.807) is 0 Å². The molecule has 1 saturated carbocycles. The van der Waals surface area contributed by atoms with E-state index in [-0.39, 0.29) is 0 Å². The minimum absolute atomic E-state index is 0.548. The Hall–Kier alpha value is -8.26. The zero-order valence-electron chi connectivity index (χ0n) is 39.3. The summed E-state index contributed by atoms with van der Waals surface area (Å²) >= 11 is 0. The lowest BCUT2D eigenvalue weighted by atomic mass is 9.67. The molecule has 1 fully saturated rings. The van der Waals surface area contributed by atoms with E-state index in [1.807, 2.05) is 0 Å². The molecule has 0 N–H and O–H groups in total. The molecular weight excluding hydrogens is 843 g/mol. The van der Waals surface area contributed by atoms with Crippen LogP contribution in [0.4, 0.5) is 17.1 Å². The van der Waals surface area contributed by atoms with Crippen molar-refractivity contribution in [3.8, 4) is 44.5 Å². The maximum Gasteiger partial charge on any atom is 0.0714 e. The second-order valence-electron chi connectivity index (χ2n) is 19.3. The van der Waals surface area contributed by atoms with E-state index in [0.29, 0.717) is 5.92 Å². The second kappa shape index (κ2) is 17.7. The monoisotopic (exact) mass is 895 g/mol. The van der Waals surface area contributed by atoms with Crippen LogP contribution < -0.4 is 4.90 Å². The Labute approximate surface area is 412 Å². The van der Waals surface area contributed by atoms with E-state index >= 15 is 0 Å². The minimum atomic E-state index is -0.562. The van der Waals surface area contributed by atoms with Crippen LogP contribution in [-0.2, 0) is 5.41 Å². The highest BCUT2D eigenvalue weighted by Crippen LogP contribution is 2.57. The van der Waals surface area contributed by atoms with Gasteiger partial charge in [-0.2, -0.15) is 0 Å². The highest BCUT2D eigenvalue weighted by Gasteiger charge is 2.46. The van der Waals surface area contributed by atoms with Gasteiger partial charge in [0.15, 0.2) is 0 Å². The summed E-state index contributed by atoms with van der Waals surface area (Å²) < 4.78 is 0. The van der Waals surface area contributed by atoms with Gasteiger partial charge in [-0.1, -0.05) is 250 Å². The number of benzene rings is 11. The van der Waals surface area contributed by atoms with Gasteiger partial charge in [-0.25, -0.2) is 0 Å². The molecule has 11 aromatic carbocycles. The first-order valence-electron chi connectivity index (χ1n) is 25.2. The second-order valence-corrected chi connectivity index (χ2v) is 19.3. The topological polar surface area (TPSA) is 3.24 Å². The Bertz CT molecular complexity index is 3650. The van der Waals surface area contributed by atoms with Crippen molar-refractivity contribution in [2.45, 2.75) is 43.4 Å². The van der Waals surface area contributed by atoms with Crippen LogP contribution in [0.15, 0.2) is 255 Å². The first kappa shape index (κ1) is 41.9. The van der Waals surface area contributed by atoms with E-state index in [1.165, 1.54) is 126 Å². The van der Waals surface area contributed by atoms with E-state index < -0.39 is 5.41 Å². The summed E-state index contributed by atoms with van der Waals surface area (Å²) in [6, 6.07) is 95.6. The minimum Gasteiger partial charge on any atom is -0.309 e. The number of hydrogen-bond acceptors (Lipinski definition) is 1. The number of nitrogens with zero attached hydrogens (tertiary/aromatic N) is 1. The molecule has 0 unspecified atom stereocenters. The van der Waals surface area contributed by atoms with Gasteiger partial charge in [0.25, 0.3) is 0 Å². The molecule has 0 spiro atoms. The van der Waals surface area contributed by atoms with Crippen LogP contribution in [0.25, 0.3) is 66.1 Å². The molecule has 2 aliphatic rings. The molecule has 1 nitrogen and oxygen atoms in total. The Balaban J connectivity index is 1.12. The SMILES string of the molecule is c1ccc(-c2ccc(-c3cccc4ccccc34)cc2N(c2cccc(C3(c4ccccc4)c4ccccc4-c4ccccc43)c2)c2ccccc2-c2cccc3cccc(C4CCCCC4)c23)cc1. The highest BCUT2D eigenvalue weighted by atomic mass is 15.1. The van der Waals surface area contributed by atoms with Crippen LogP contribution in [0, 0.1) is 0 Å². The Morgan fingerprint density at radius 3 is 1.69 bits per heavy atom. The molecule has 0 radical (unpaired) electrons. The van der Waals surface area contributed by atoms with E-state index in [0.717, 1.165) is 17.1 Å². The number of rotatable bonds is 9. The molecule has 0 amide bonds. The first-order valence-corrected chi connectivity index (χ1v) is 25.2. The number of hydrogen-bond donors (Lipinski definition) is 0. The molecule has 0 saturated heterocycles. The van der Waals surface area contributed by atoms with Gasteiger partial charge in [0.1, 0.15) is 0 Å². The van der Waals surface area contributed by atoms with Crippen molar-refractivity contribution >= 4 is 38.6 Å². The lowest BCUT2D eigenvalue weighted by Gasteiger charge is -2.36.